The van der Waals surface area contributed by atoms with Crippen LogP contribution in [0.5, 0.6) is 5.75 Å². The molecule has 1 aromatic rings. The van der Waals surface area contributed by atoms with Gasteiger partial charge in [0.2, 0.25) is 0 Å². The highest BCUT2D eigenvalue weighted by molar-refractivity contribution is 6.45. The van der Waals surface area contributed by atoms with Crippen LogP contribution in [0.3, 0.4) is 0 Å². The molecule has 16 heavy (non-hydrogen) atoms. The van der Waals surface area contributed by atoms with Crippen LogP contribution in [0, 0.1) is 0 Å². The maximum Gasteiger partial charge on any atom is 0.377 e. The molecule has 1 aliphatic heterocycles. The van der Waals surface area contributed by atoms with Gasteiger partial charge in [-0.2, -0.15) is 0 Å². The molecule has 0 unspecified atom stereocenters. The van der Waals surface area contributed by atoms with Crippen LogP contribution in [0.4, 0.5) is 0 Å². The summed E-state index contributed by atoms with van der Waals surface area (Å²) in [7, 11) is 0. The van der Waals surface area contributed by atoms with Gasteiger partial charge in [-0.25, -0.2) is 4.79 Å². The first-order valence-electron chi connectivity index (χ1n) is 4.41. The number of carbonyl (C=O) groups excluding carboxylic acids is 1. The highest BCUT2D eigenvalue weighted by Gasteiger charge is 2.26. The lowest BCUT2D eigenvalue weighted by atomic mass is 10.0. The minimum Gasteiger partial charge on any atom is -0.475 e. The number of benzene rings is 1. The van der Waals surface area contributed by atoms with Crippen molar-refractivity contribution in [2.24, 2.45) is 0 Å². The number of carbonyl (C=O) groups is 2. The normalized spacial score (nSPS) is 13.8. The van der Waals surface area contributed by atoms with Crippen molar-refractivity contribution in [2.45, 2.75) is 6.61 Å². The van der Waals surface area contributed by atoms with E-state index in [-0.39, 0.29) is 24.0 Å². The lowest BCUT2D eigenvalue weighted by molar-refractivity contribution is -0.131. The number of carboxylic acids is 1. The van der Waals surface area contributed by atoms with Crippen LogP contribution in [0.1, 0.15) is 15.9 Å². The number of aliphatic carboxylic acids is 1. The predicted molar refractivity (Wildman–Crippen MR) is 53.7 cm³/mol. The Balaban J connectivity index is 2.58. The second-order valence-electron chi connectivity index (χ2n) is 3.14. The van der Waals surface area contributed by atoms with Gasteiger partial charge < -0.3 is 14.6 Å². The summed E-state index contributed by atoms with van der Waals surface area (Å²) in [6.45, 7) is 0.194. The van der Waals surface area contributed by atoms with Crippen LogP contribution >= 0.6 is 11.6 Å². The molecule has 0 saturated carbocycles. The van der Waals surface area contributed by atoms with Crippen LogP contribution < -0.4 is 4.74 Å². The van der Waals surface area contributed by atoms with E-state index in [4.69, 9.17) is 26.2 Å². The minimum absolute atomic E-state index is 0.0635. The molecule has 0 amide bonds. The lowest BCUT2D eigenvalue weighted by Crippen LogP contribution is -2.20. The van der Waals surface area contributed by atoms with Gasteiger partial charge in [-0.3, -0.25) is 4.79 Å². The van der Waals surface area contributed by atoms with E-state index in [1.165, 1.54) is 6.07 Å². The fraction of sp³-hybridized carbons (Fsp3) is 0.200. The third-order valence-electron chi connectivity index (χ3n) is 2.18. The number of rotatable bonds is 2. The molecule has 0 aliphatic carbocycles. The van der Waals surface area contributed by atoms with Crippen molar-refractivity contribution in [3.63, 3.8) is 0 Å². The zero-order chi connectivity index (χ0) is 11.7. The van der Waals surface area contributed by atoms with Gasteiger partial charge in [0.25, 0.3) is 5.78 Å². The number of hydrogen-bond donors (Lipinski definition) is 1. The summed E-state index contributed by atoms with van der Waals surface area (Å²) in [6.07, 6.45) is 0. The molecule has 0 bridgehead atoms. The average Bonchev–Trinajstić information content (AvgIpc) is 2.28. The monoisotopic (exact) mass is 242 g/mol. The minimum atomic E-state index is -1.55. The molecule has 0 atom stereocenters. The molecule has 0 saturated heterocycles. The molecule has 0 fully saturated rings. The van der Waals surface area contributed by atoms with Gasteiger partial charge in [0, 0.05) is 5.56 Å². The zero-order valence-electron chi connectivity index (χ0n) is 8.03. The number of carboxylic acid groups (broad SMARTS) is 1. The van der Waals surface area contributed by atoms with Crippen molar-refractivity contribution in [3.05, 3.63) is 28.3 Å². The van der Waals surface area contributed by atoms with E-state index in [0.717, 1.165) is 0 Å². The number of ether oxygens (including phenoxy) is 2. The Morgan fingerprint density at radius 2 is 2.12 bits per heavy atom. The van der Waals surface area contributed by atoms with Crippen LogP contribution in [0.2, 0.25) is 5.02 Å². The van der Waals surface area contributed by atoms with Crippen LogP contribution in [-0.4, -0.2) is 23.7 Å². The number of ketones is 1. The molecule has 1 aromatic carbocycles. The topological polar surface area (TPSA) is 72.8 Å². The fourth-order valence-corrected chi connectivity index (χ4v) is 1.74. The Kier molecular flexibility index (Phi) is 2.80. The first kappa shape index (κ1) is 10.9. The van der Waals surface area contributed by atoms with Crippen molar-refractivity contribution in [3.8, 4) is 5.75 Å². The Morgan fingerprint density at radius 3 is 2.81 bits per heavy atom. The molecule has 2 rings (SSSR count). The highest BCUT2D eigenvalue weighted by atomic mass is 35.5. The Bertz CT molecular complexity index is 469. The summed E-state index contributed by atoms with van der Waals surface area (Å²) in [5.74, 6) is -2.18. The first-order chi connectivity index (χ1) is 7.61. The third-order valence-corrected chi connectivity index (χ3v) is 2.50. The predicted octanol–water partition coefficient (Wildman–Crippen LogP) is 1.47. The standard InChI is InChI=1S/C10H7ClO5/c11-6-1-2-7-5(3-15-4-16-7)8(6)9(12)10(13)14/h1-2H,3-4H2,(H,13,14). The van der Waals surface area contributed by atoms with Gasteiger partial charge in [-0.15, -0.1) is 0 Å². The molecule has 1 aliphatic rings. The van der Waals surface area contributed by atoms with Crippen molar-refractivity contribution < 1.29 is 24.2 Å². The lowest BCUT2D eigenvalue weighted by Gasteiger charge is -2.20. The summed E-state index contributed by atoms with van der Waals surface area (Å²) in [5, 5.41) is 8.76. The molecule has 0 spiro atoms. The van der Waals surface area contributed by atoms with E-state index >= 15 is 0 Å². The third kappa shape index (κ3) is 1.75. The number of Topliss-reactive ketones (excluding diaryl/α,β-unsaturated/α-hetero) is 1. The summed E-state index contributed by atoms with van der Waals surface area (Å²) in [5.41, 5.74) is 0.317. The largest absolute Gasteiger partial charge is 0.475 e. The van der Waals surface area contributed by atoms with Gasteiger partial charge in [-0.1, -0.05) is 11.6 Å². The Labute approximate surface area is 95.5 Å². The van der Waals surface area contributed by atoms with Crippen LogP contribution in [-0.2, 0) is 16.1 Å². The van der Waals surface area contributed by atoms with E-state index in [0.29, 0.717) is 11.3 Å². The fourth-order valence-electron chi connectivity index (χ4n) is 1.48. The van der Waals surface area contributed by atoms with Gasteiger partial charge in [-0.05, 0) is 12.1 Å². The maximum atomic E-state index is 11.4. The quantitative estimate of drug-likeness (QED) is 0.628. The van der Waals surface area contributed by atoms with Crippen molar-refractivity contribution in [2.75, 3.05) is 6.79 Å². The molecular weight excluding hydrogens is 236 g/mol. The van der Waals surface area contributed by atoms with E-state index in [1.807, 2.05) is 0 Å². The smallest absolute Gasteiger partial charge is 0.377 e. The van der Waals surface area contributed by atoms with E-state index in [1.54, 1.807) is 6.07 Å². The summed E-state index contributed by atoms with van der Waals surface area (Å²) in [4.78, 5) is 22.1. The van der Waals surface area contributed by atoms with E-state index in [2.05, 4.69) is 0 Å². The van der Waals surface area contributed by atoms with Gasteiger partial charge in [0.1, 0.15) is 5.75 Å². The SMILES string of the molecule is O=C(O)C(=O)c1c(Cl)ccc2c1COCO2. The van der Waals surface area contributed by atoms with Crippen molar-refractivity contribution in [1.82, 2.24) is 0 Å². The van der Waals surface area contributed by atoms with Gasteiger partial charge in [0.05, 0.1) is 17.2 Å². The van der Waals surface area contributed by atoms with E-state index in [9.17, 15) is 9.59 Å². The molecule has 5 nitrogen and oxygen atoms in total. The molecule has 0 radical (unpaired) electrons. The molecule has 84 valence electrons. The summed E-state index contributed by atoms with van der Waals surface area (Å²) < 4.78 is 10.1. The number of fused-ring (bicyclic) bond motifs is 1. The summed E-state index contributed by atoms with van der Waals surface area (Å²) >= 11 is 5.80. The van der Waals surface area contributed by atoms with Crippen molar-refractivity contribution in [1.29, 1.82) is 0 Å². The molecule has 6 heteroatoms. The molecule has 0 aromatic heterocycles. The van der Waals surface area contributed by atoms with Crippen LogP contribution in [0.25, 0.3) is 0 Å². The van der Waals surface area contributed by atoms with E-state index < -0.39 is 11.8 Å². The van der Waals surface area contributed by atoms with Gasteiger partial charge in [0.15, 0.2) is 6.79 Å². The maximum absolute atomic E-state index is 11.4. The Morgan fingerprint density at radius 1 is 1.38 bits per heavy atom. The second-order valence-corrected chi connectivity index (χ2v) is 3.55. The van der Waals surface area contributed by atoms with Gasteiger partial charge >= 0.3 is 5.97 Å². The Hall–Kier alpha value is -1.59. The molecule has 1 N–H and O–H groups in total. The summed E-state index contributed by atoms with van der Waals surface area (Å²) in [6, 6.07) is 3.01. The number of halogens is 1. The second kappa shape index (κ2) is 4.11. The molecule has 1 heterocycles. The van der Waals surface area contributed by atoms with Crippen LogP contribution in [0.15, 0.2) is 12.1 Å². The highest BCUT2D eigenvalue weighted by Crippen LogP contribution is 2.32. The number of hydrogen-bond acceptors (Lipinski definition) is 4. The first-order valence-corrected chi connectivity index (χ1v) is 4.78. The van der Waals surface area contributed by atoms with Crippen molar-refractivity contribution >= 4 is 23.4 Å². The zero-order valence-corrected chi connectivity index (χ0v) is 8.78. The molecular formula is C10H7ClO5. The average molecular weight is 243 g/mol.